The lowest BCUT2D eigenvalue weighted by Crippen LogP contribution is -2.32. The van der Waals surface area contributed by atoms with Crippen LogP contribution in [0.25, 0.3) is 11.0 Å². The van der Waals surface area contributed by atoms with Gasteiger partial charge in [0.2, 0.25) is 5.91 Å². The van der Waals surface area contributed by atoms with Crippen molar-refractivity contribution in [2.75, 3.05) is 18.8 Å². The topological polar surface area (TPSA) is 118 Å². The first kappa shape index (κ1) is 20.0. The molecule has 0 saturated carbocycles. The predicted molar refractivity (Wildman–Crippen MR) is 107 cm³/mol. The monoisotopic (exact) mass is 419 g/mol. The van der Waals surface area contributed by atoms with Gasteiger partial charge >= 0.3 is 0 Å². The van der Waals surface area contributed by atoms with Gasteiger partial charge in [0, 0.05) is 0 Å². The second-order valence-corrected chi connectivity index (χ2v) is 8.34. The third-order valence-electron chi connectivity index (χ3n) is 4.05. The van der Waals surface area contributed by atoms with Gasteiger partial charge in [-0.1, -0.05) is 35.9 Å². The number of carbonyl (C=O) groups is 1. The van der Waals surface area contributed by atoms with E-state index in [-0.39, 0.29) is 15.9 Å². The number of likely N-dealkylation sites (N-methyl/N-ethyl adjacent to an activating group) is 1. The summed E-state index contributed by atoms with van der Waals surface area (Å²) in [6.07, 6.45) is 0. The Kier molecular flexibility index (Phi) is 5.50. The van der Waals surface area contributed by atoms with E-state index >= 15 is 0 Å². The van der Waals surface area contributed by atoms with Gasteiger partial charge in [0.25, 0.3) is 10.0 Å². The number of nitrogens with one attached hydrogen (secondary N) is 1. The van der Waals surface area contributed by atoms with Crippen molar-refractivity contribution >= 4 is 44.4 Å². The molecule has 3 rings (SSSR count). The molecule has 0 radical (unpaired) electrons. The third kappa shape index (κ3) is 4.06. The number of anilines is 1. The van der Waals surface area contributed by atoms with E-state index < -0.39 is 22.0 Å². The fraction of sp³-hybridized carbons (Fsp3) is 0.167. The molecule has 0 aliphatic carbocycles. The molecule has 3 aromatic rings. The number of halogens is 1. The van der Waals surface area contributed by atoms with Crippen molar-refractivity contribution in [3.8, 4) is 0 Å². The number of rotatable bonds is 6. The van der Waals surface area contributed by atoms with Crippen LogP contribution in [0.3, 0.4) is 0 Å². The molecule has 146 valence electrons. The first-order chi connectivity index (χ1) is 13.2. The molecule has 0 fully saturated rings. The van der Waals surface area contributed by atoms with Crippen molar-refractivity contribution in [3.05, 3.63) is 59.2 Å². The summed E-state index contributed by atoms with van der Waals surface area (Å²) < 4.78 is 27.8. The van der Waals surface area contributed by atoms with Crippen molar-refractivity contribution in [2.24, 2.45) is 5.73 Å². The number of amides is 1. The van der Waals surface area contributed by atoms with Gasteiger partial charge in [-0.2, -0.15) is 0 Å². The smallest absolute Gasteiger partial charge is 0.263 e. The zero-order valence-electron chi connectivity index (χ0n) is 15.1. The number of hydrogen-bond donors (Lipinski definition) is 2. The second-order valence-electron chi connectivity index (χ2n) is 6.29. The number of carbonyl (C=O) groups excluding carboxylic acids is 1. The minimum atomic E-state index is -3.95. The Morgan fingerprint density at radius 1 is 1.07 bits per heavy atom. The number of hydrogen-bond acceptors (Lipinski definition) is 6. The number of aromatic nitrogens is 2. The number of sulfonamides is 1. The maximum Gasteiger partial charge on any atom is 0.263 e. The molecule has 0 aliphatic rings. The Labute approximate surface area is 167 Å². The molecule has 28 heavy (non-hydrogen) atoms. The lowest BCUT2D eigenvalue weighted by Gasteiger charge is -2.21. The zero-order valence-corrected chi connectivity index (χ0v) is 16.7. The summed E-state index contributed by atoms with van der Waals surface area (Å²) in [5, 5.41) is -0.0553. The molecule has 1 unspecified atom stereocenters. The largest absolute Gasteiger partial charge is 0.368 e. The standard InChI is InChI=1S/C18H18ClN5O3S/c1-24(2)15(17(20)25)11-7-9-12(10-8-11)28(26,27)23-18-16(19)21-13-5-3-4-6-14(13)22-18/h3-10,15H,1-2H3,(H2,20,25)(H,22,23). The van der Waals surface area contributed by atoms with Gasteiger partial charge in [0.15, 0.2) is 11.0 Å². The Morgan fingerprint density at radius 2 is 1.64 bits per heavy atom. The summed E-state index contributed by atoms with van der Waals surface area (Å²) in [7, 11) is -0.533. The molecule has 10 heteroatoms. The van der Waals surface area contributed by atoms with E-state index in [0.29, 0.717) is 16.6 Å². The SMILES string of the molecule is CN(C)C(C(N)=O)c1ccc(S(=O)(=O)Nc2nc3ccccc3nc2Cl)cc1. The van der Waals surface area contributed by atoms with Gasteiger partial charge in [0.1, 0.15) is 6.04 Å². The first-order valence-corrected chi connectivity index (χ1v) is 10.1. The first-order valence-electron chi connectivity index (χ1n) is 8.20. The van der Waals surface area contributed by atoms with E-state index in [4.69, 9.17) is 17.3 Å². The van der Waals surface area contributed by atoms with Gasteiger partial charge in [-0.3, -0.25) is 14.4 Å². The van der Waals surface area contributed by atoms with Gasteiger partial charge in [-0.25, -0.2) is 18.4 Å². The Balaban J connectivity index is 1.91. The van der Waals surface area contributed by atoms with E-state index in [1.165, 1.54) is 24.3 Å². The minimum Gasteiger partial charge on any atom is -0.368 e. The van der Waals surface area contributed by atoms with E-state index in [1.807, 2.05) is 0 Å². The number of nitrogens with zero attached hydrogens (tertiary/aromatic N) is 3. The molecule has 0 saturated heterocycles. The quantitative estimate of drug-likeness (QED) is 0.632. The van der Waals surface area contributed by atoms with Crippen LogP contribution in [0.5, 0.6) is 0 Å². The van der Waals surface area contributed by atoms with Crippen molar-refractivity contribution in [3.63, 3.8) is 0 Å². The lowest BCUT2D eigenvalue weighted by atomic mass is 10.1. The molecule has 2 aromatic carbocycles. The van der Waals surface area contributed by atoms with Crippen molar-refractivity contribution in [2.45, 2.75) is 10.9 Å². The van der Waals surface area contributed by atoms with Crippen LogP contribution in [0.2, 0.25) is 5.15 Å². The van der Waals surface area contributed by atoms with Crippen LogP contribution in [0, 0.1) is 0 Å². The van der Waals surface area contributed by atoms with E-state index in [1.54, 1.807) is 43.3 Å². The summed E-state index contributed by atoms with van der Waals surface area (Å²) >= 11 is 6.08. The second kappa shape index (κ2) is 7.70. The van der Waals surface area contributed by atoms with E-state index in [9.17, 15) is 13.2 Å². The highest BCUT2D eigenvalue weighted by Gasteiger charge is 2.22. The summed E-state index contributed by atoms with van der Waals surface area (Å²) in [6.45, 7) is 0. The van der Waals surface area contributed by atoms with Crippen LogP contribution in [0.4, 0.5) is 5.82 Å². The maximum absolute atomic E-state index is 12.7. The number of fused-ring (bicyclic) bond motifs is 1. The molecule has 1 aromatic heterocycles. The molecule has 0 aliphatic heterocycles. The fourth-order valence-corrected chi connectivity index (χ4v) is 4.02. The molecule has 1 atom stereocenters. The van der Waals surface area contributed by atoms with Crippen molar-refractivity contribution in [1.29, 1.82) is 0 Å². The number of para-hydroxylation sites is 2. The van der Waals surface area contributed by atoms with Crippen LogP contribution in [-0.2, 0) is 14.8 Å². The average Bonchev–Trinajstić information content (AvgIpc) is 2.62. The van der Waals surface area contributed by atoms with Gasteiger partial charge in [0.05, 0.1) is 15.9 Å². The van der Waals surface area contributed by atoms with Gasteiger partial charge in [-0.05, 0) is 43.9 Å². The van der Waals surface area contributed by atoms with E-state index in [2.05, 4.69) is 14.7 Å². The molecule has 1 heterocycles. The van der Waals surface area contributed by atoms with Crippen LogP contribution in [0.15, 0.2) is 53.4 Å². The number of primary amides is 1. The van der Waals surface area contributed by atoms with Crippen LogP contribution in [-0.4, -0.2) is 43.3 Å². The molecule has 3 N–H and O–H groups in total. The Hall–Kier alpha value is -2.75. The molecular formula is C18H18ClN5O3S. The normalized spacial score (nSPS) is 12.9. The fourth-order valence-electron chi connectivity index (χ4n) is 2.78. The highest BCUT2D eigenvalue weighted by Crippen LogP contribution is 2.25. The third-order valence-corrected chi connectivity index (χ3v) is 5.67. The summed E-state index contributed by atoms with van der Waals surface area (Å²) in [4.78, 5) is 21.6. The van der Waals surface area contributed by atoms with Gasteiger partial charge in [-0.15, -0.1) is 0 Å². The molecule has 8 nitrogen and oxygen atoms in total. The van der Waals surface area contributed by atoms with Crippen LogP contribution >= 0.6 is 11.6 Å². The summed E-state index contributed by atoms with van der Waals surface area (Å²) in [5.41, 5.74) is 7.07. The number of benzene rings is 2. The zero-order chi connectivity index (χ0) is 20.5. The highest BCUT2D eigenvalue weighted by molar-refractivity contribution is 7.92. The van der Waals surface area contributed by atoms with Gasteiger partial charge < -0.3 is 5.73 Å². The molecule has 1 amide bonds. The average molecular weight is 420 g/mol. The lowest BCUT2D eigenvalue weighted by molar-refractivity contribution is -0.122. The summed E-state index contributed by atoms with van der Waals surface area (Å²) in [6, 6.07) is 12.2. The maximum atomic E-state index is 12.7. The Morgan fingerprint density at radius 3 is 2.18 bits per heavy atom. The van der Waals surface area contributed by atoms with Crippen LogP contribution < -0.4 is 10.5 Å². The number of nitrogens with two attached hydrogens (primary N) is 1. The highest BCUT2D eigenvalue weighted by atomic mass is 35.5. The van der Waals surface area contributed by atoms with Crippen molar-refractivity contribution < 1.29 is 13.2 Å². The van der Waals surface area contributed by atoms with Crippen molar-refractivity contribution in [1.82, 2.24) is 14.9 Å². The van der Waals surface area contributed by atoms with E-state index in [0.717, 1.165) is 0 Å². The predicted octanol–water partition coefficient (Wildman–Crippen LogP) is 2.17. The summed E-state index contributed by atoms with van der Waals surface area (Å²) in [5.74, 6) is -0.593. The molecule has 0 bridgehead atoms. The molecule has 0 spiro atoms. The minimum absolute atomic E-state index is 0.00995. The van der Waals surface area contributed by atoms with Crippen LogP contribution in [0.1, 0.15) is 11.6 Å². The molecular weight excluding hydrogens is 402 g/mol. The Bertz CT molecular complexity index is 1130.